The summed E-state index contributed by atoms with van der Waals surface area (Å²) >= 11 is 6.19. The van der Waals surface area contributed by atoms with Gasteiger partial charge in [0.15, 0.2) is 0 Å². The van der Waals surface area contributed by atoms with E-state index in [1.807, 2.05) is 34.6 Å². The summed E-state index contributed by atoms with van der Waals surface area (Å²) in [7, 11) is 9.87. The molecule has 0 radical (unpaired) electrons. The van der Waals surface area contributed by atoms with Crippen molar-refractivity contribution in [3.8, 4) is 0 Å². The van der Waals surface area contributed by atoms with Crippen molar-refractivity contribution >= 4 is 82.5 Å². The van der Waals surface area contributed by atoms with Crippen LogP contribution >= 0.6 is 11.6 Å². The lowest BCUT2D eigenvalue weighted by atomic mass is 9.84. The molecule has 1 unspecified atom stereocenters. The number of nitrogens with zero attached hydrogens (tertiary/aromatic N) is 9. The molecule has 5 fully saturated rings. The first-order valence-corrected chi connectivity index (χ1v) is 38.4. The molecule has 1 spiro atoms. The van der Waals surface area contributed by atoms with Gasteiger partial charge in [0.2, 0.25) is 70.9 Å². The molecule has 10 atom stereocenters. The number of likely N-dealkylation sites (N-methyl/N-ethyl adjacent to an activating group) is 7. The highest BCUT2D eigenvalue weighted by atomic mass is 35.5. The molecule has 590 valence electrons. The molecule has 5 aliphatic rings. The fourth-order valence-corrected chi connectivity index (χ4v) is 15.6. The Labute approximate surface area is 624 Å². The molecule has 3 heterocycles. The van der Waals surface area contributed by atoms with Crippen LogP contribution in [-0.4, -0.2) is 264 Å². The summed E-state index contributed by atoms with van der Waals surface area (Å²) in [6, 6.07) is -8.46. The number of halogens is 4. The molecule has 105 heavy (non-hydrogen) atoms. The largest absolute Gasteiger partial charge is 0.417 e. The molecule has 3 aliphatic heterocycles. The third-order valence-electron chi connectivity index (χ3n) is 22.6. The summed E-state index contributed by atoms with van der Waals surface area (Å²) < 4.78 is 48.1. The van der Waals surface area contributed by atoms with Crippen molar-refractivity contribution in [1.82, 2.24) is 60.0 Å². The monoisotopic (exact) mass is 1500 g/mol. The predicted molar refractivity (Wildman–Crippen MR) is 391 cm³/mol. The maximum Gasteiger partial charge on any atom is 0.417 e. The minimum atomic E-state index is -4.78. The van der Waals surface area contributed by atoms with Gasteiger partial charge in [0, 0.05) is 75.6 Å². The van der Waals surface area contributed by atoms with Crippen molar-refractivity contribution in [3.05, 3.63) is 34.3 Å². The van der Waals surface area contributed by atoms with Crippen LogP contribution in [0.5, 0.6) is 0 Å². The Balaban J connectivity index is 1.48. The van der Waals surface area contributed by atoms with Gasteiger partial charge in [-0.25, -0.2) is 0 Å². The van der Waals surface area contributed by atoms with Crippen LogP contribution in [0.25, 0.3) is 0 Å². The molecule has 0 bridgehead atoms. The number of rotatable bonds is 16. The summed E-state index contributed by atoms with van der Waals surface area (Å²) in [6.07, 6.45) is 3.34. The fraction of sp³-hybridized carbons (Fsp3) is 0.763. The molecule has 1 aromatic rings. The highest BCUT2D eigenvalue weighted by Crippen LogP contribution is 2.37. The number of likely N-dealkylation sites (tertiary alicyclic amines) is 1. The third-order valence-corrected chi connectivity index (χ3v) is 22.9. The van der Waals surface area contributed by atoms with Crippen LogP contribution < -0.4 is 16.0 Å². The Morgan fingerprint density at radius 3 is 1.84 bits per heavy atom. The first-order valence-electron chi connectivity index (χ1n) is 38.1. The summed E-state index contributed by atoms with van der Waals surface area (Å²) in [5.41, 5.74) is -2.50. The van der Waals surface area contributed by atoms with Gasteiger partial charge in [-0.05, 0) is 125 Å². The molecular weight excluding hydrogens is 1380 g/mol. The van der Waals surface area contributed by atoms with E-state index in [2.05, 4.69) is 16.0 Å². The lowest BCUT2D eigenvalue weighted by Crippen LogP contribution is -2.66. The van der Waals surface area contributed by atoms with Crippen molar-refractivity contribution < 1.29 is 75.4 Å². The Kier molecular flexibility index (Phi) is 31.9. The van der Waals surface area contributed by atoms with Crippen LogP contribution in [0.15, 0.2) is 18.2 Å². The number of carbonyl (C=O) groups is 12. The molecule has 3 N–H and O–H groups in total. The molecular formula is C76H120ClF3N12O13. The zero-order chi connectivity index (χ0) is 78.3. The number of ether oxygens (including phenoxy) is 1. The van der Waals surface area contributed by atoms with E-state index in [-0.39, 0.29) is 81.4 Å². The van der Waals surface area contributed by atoms with Crippen molar-refractivity contribution in [3.63, 3.8) is 0 Å². The van der Waals surface area contributed by atoms with Gasteiger partial charge in [-0.15, -0.1) is 0 Å². The SMILES string of the molecule is CC[C@H](C)[C@@H]1NC(=O)[C@H](CC(C)C)N(C)C(=O)C[C@@H](C(=O)N2CCCCC2)N(C)C(=O)[C@H](C(C)C)N(C)C(=O)C2(CCCC2)NC(=O)[C@@H](COCCC(C)C)N(C)C(=O)[C@H](CCc2ccc(C(F)(F)F)c(Cl)c2)NC(=O)CN(C)C(=O)[C@H](CC2CCCCC2)N(C)C(=O)C2CCN2C(=O)[C@H](C)N(C)C1=O. The number of hydrogen-bond acceptors (Lipinski definition) is 13. The number of amides is 12. The summed E-state index contributed by atoms with van der Waals surface area (Å²) in [5.74, 6) is -9.29. The second kappa shape index (κ2) is 38.6. The van der Waals surface area contributed by atoms with Gasteiger partial charge >= 0.3 is 6.18 Å². The normalized spacial score (nSPS) is 26.6. The summed E-state index contributed by atoms with van der Waals surface area (Å²) in [4.78, 5) is 193. The molecule has 29 heteroatoms. The number of hydrogen-bond donors (Lipinski definition) is 3. The van der Waals surface area contributed by atoms with Crippen LogP contribution in [0.3, 0.4) is 0 Å². The average Bonchev–Trinajstić information content (AvgIpc) is 1.75. The van der Waals surface area contributed by atoms with E-state index in [0.717, 1.165) is 60.5 Å². The molecule has 2 aliphatic carbocycles. The van der Waals surface area contributed by atoms with Gasteiger partial charge in [0.1, 0.15) is 59.9 Å². The molecule has 3 saturated heterocycles. The van der Waals surface area contributed by atoms with Crippen molar-refractivity contribution in [2.45, 2.75) is 257 Å². The van der Waals surface area contributed by atoms with Gasteiger partial charge < -0.3 is 64.8 Å². The van der Waals surface area contributed by atoms with E-state index >= 15 is 33.6 Å². The van der Waals surface area contributed by atoms with Gasteiger partial charge in [-0.3, -0.25) is 57.5 Å². The van der Waals surface area contributed by atoms with Crippen molar-refractivity contribution in [1.29, 1.82) is 0 Å². The number of nitrogens with one attached hydrogen (secondary N) is 3. The van der Waals surface area contributed by atoms with Gasteiger partial charge in [-0.1, -0.05) is 124 Å². The van der Waals surface area contributed by atoms with E-state index in [1.165, 1.54) is 91.7 Å². The number of alkyl halides is 3. The van der Waals surface area contributed by atoms with Gasteiger partial charge in [-0.2, -0.15) is 13.2 Å². The van der Waals surface area contributed by atoms with Gasteiger partial charge in [0.25, 0.3) is 0 Å². The summed E-state index contributed by atoms with van der Waals surface area (Å²) in [5, 5.41) is 8.10. The minimum Gasteiger partial charge on any atom is -0.379 e. The van der Waals surface area contributed by atoms with Crippen LogP contribution in [-0.2, 0) is 74.9 Å². The molecule has 6 rings (SSSR count). The molecule has 12 amide bonds. The third kappa shape index (κ3) is 22.1. The van der Waals surface area contributed by atoms with E-state index in [1.54, 1.807) is 25.7 Å². The quantitative estimate of drug-likeness (QED) is 0.142. The number of fused-ring (bicyclic) bond motifs is 1. The van der Waals surface area contributed by atoms with Crippen molar-refractivity contribution in [2.75, 3.05) is 88.7 Å². The molecule has 25 nitrogen and oxygen atoms in total. The molecule has 0 aromatic heterocycles. The van der Waals surface area contributed by atoms with Crippen LogP contribution in [0.2, 0.25) is 5.02 Å². The van der Waals surface area contributed by atoms with E-state index in [9.17, 15) is 37.1 Å². The van der Waals surface area contributed by atoms with Gasteiger partial charge in [0.05, 0.1) is 30.2 Å². The van der Waals surface area contributed by atoms with Crippen LogP contribution in [0, 0.1) is 29.6 Å². The average molecular weight is 1500 g/mol. The smallest absolute Gasteiger partial charge is 0.379 e. The predicted octanol–water partition coefficient (Wildman–Crippen LogP) is 6.93. The lowest BCUT2D eigenvalue weighted by molar-refractivity contribution is -0.160. The zero-order valence-electron chi connectivity index (χ0n) is 65.0. The zero-order valence-corrected chi connectivity index (χ0v) is 65.8. The number of piperidine rings is 1. The maximum absolute atomic E-state index is 15.6. The number of aryl methyl sites for hydroxylation is 1. The Morgan fingerprint density at radius 1 is 0.657 bits per heavy atom. The highest BCUT2D eigenvalue weighted by Gasteiger charge is 2.51. The Hall–Kier alpha value is -7.10. The highest BCUT2D eigenvalue weighted by molar-refractivity contribution is 6.31. The maximum atomic E-state index is 15.6. The number of carbonyl (C=O) groups excluding carboxylic acids is 12. The Morgan fingerprint density at radius 2 is 1.28 bits per heavy atom. The standard InChI is InChI=1S/C76H120ClF3N12O13/c1-17-49(8)63-72(102)85(11)50(9)67(97)92-38-32-56(92)70(100)87(13)58(42-51-26-20-18-21-27-51)69(99)84(10)44-61(93)81-55(31-29-52-28-30-53(54(77)41-52)76(78,79)80)68(98)89(15)60(45-105-39-33-46(2)3)66(96)83-75(34-22-23-35-75)74(104)90(16)64(48(6)7)73(103)88(14)59(71(101)91-36-24-19-25-37-91)43-62(94)86(12)57(40-47(4)5)65(95)82-63/h28,30,41,46-51,55-60,63-64H,17-27,29,31-40,42-45H2,1-16H3,(H,81,93)(H,82,95)(H,83,96)/t49-,50-,55-,56?,57-,58-,59-,60+,63-,64-/m0/s1. The van der Waals surface area contributed by atoms with Crippen LogP contribution in [0.4, 0.5) is 13.2 Å². The fourth-order valence-electron chi connectivity index (χ4n) is 15.3. The first-order chi connectivity index (χ1) is 49.3. The van der Waals surface area contributed by atoms with E-state index < -0.39 is 179 Å². The summed E-state index contributed by atoms with van der Waals surface area (Å²) in [6.45, 7) is 16.2. The molecule has 2 saturated carbocycles. The second-order valence-corrected chi connectivity index (χ2v) is 31.9. The van der Waals surface area contributed by atoms with E-state index in [0.29, 0.717) is 51.6 Å². The lowest BCUT2D eigenvalue weighted by Gasteiger charge is -2.45. The van der Waals surface area contributed by atoms with Crippen molar-refractivity contribution in [2.24, 2.45) is 29.6 Å². The van der Waals surface area contributed by atoms with Crippen LogP contribution in [0.1, 0.15) is 195 Å². The first kappa shape index (κ1) is 86.8. The van der Waals surface area contributed by atoms with E-state index in [4.69, 9.17) is 16.3 Å². The minimum absolute atomic E-state index is 0.00384. The second-order valence-electron chi connectivity index (χ2n) is 31.5. The molecule has 1 aromatic carbocycles. The Bertz CT molecular complexity index is 3230. The topological polar surface area (TPSA) is 279 Å². The number of benzene rings is 1.